The molecular formula is C11H15N7O. The molecule has 0 aliphatic rings. The van der Waals surface area contributed by atoms with E-state index in [1.165, 1.54) is 6.20 Å². The van der Waals surface area contributed by atoms with Gasteiger partial charge in [0.15, 0.2) is 5.82 Å². The monoisotopic (exact) mass is 261 g/mol. The molecule has 19 heavy (non-hydrogen) atoms. The third kappa shape index (κ3) is 3.05. The number of pyridine rings is 1. The zero-order chi connectivity index (χ0) is 13.7. The van der Waals surface area contributed by atoms with Gasteiger partial charge in [-0.1, -0.05) is 0 Å². The zero-order valence-corrected chi connectivity index (χ0v) is 10.5. The molecule has 0 aliphatic heterocycles. The summed E-state index contributed by atoms with van der Waals surface area (Å²) in [4.78, 5) is 15.9. The van der Waals surface area contributed by atoms with E-state index in [2.05, 4.69) is 25.9 Å². The van der Waals surface area contributed by atoms with Crippen LogP contribution in [0.1, 0.15) is 23.2 Å². The molecule has 0 saturated carbocycles. The van der Waals surface area contributed by atoms with Crippen LogP contribution in [0.2, 0.25) is 0 Å². The van der Waals surface area contributed by atoms with Gasteiger partial charge in [0.2, 0.25) is 0 Å². The van der Waals surface area contributed by atoms with Gasteiger partial charge >= 0.3 is 0 Å². The molecular weight excluding hydrogens is 246 g/mol. The standard InChI is InChI=1S/C11H15N7O/c1-2-18-7-15-17-10(18)6-14-11(19)9-4-3-8(16-12)5-13-9/h3-5,7,16H,2,6,12H2,1H3,(H,14,19). The van der Waals surface area contributed by atoms with Gasteiger partial charge in [0, 0.05) is 6.54 Å². The Morgan fingerprint density at radius 1 is 1.47 bits per heavy atom. The molecule has 2 heterocycles. The fourth-order valence-corrected chi connectivity index (χ4v) is 1.54. The highest BCUT2D eigenvalue weighted by Gasteiger charge is 2.09. The Labute approximate surface area is 110 Å². The molecule has 8 heteroatoms. The number of rotatable bonds is 5. The number of carbonyl (C=O) groups is 1. The molecule has 2 aromatic heterocycles. The van der Waals surface area contributed by atoms with Crippen LogP contribution in [0.25, 0.3) is 0 Å². The van der Waals surface area contributed by atoms with Crippen LogP contribution >= 0.6 is 0 Å². The van der Waals surface area contributed by atoms with Crippen molar-refractivity contribution < 1.29 is 4.79 Å². The number of amides is 1. The van der Waals surface area contributed by atoms with Gasteiger partial charge < -0.3 is 15.3 Å². The van der Waals surface area contributed by atoms with Gasteiger partial charge in [-0.05, 0) is 19.1 Å². The van der Waals surface area contributed by atoms with Crippen molar-refractivity contribution in [3.63, 3.8) is 0 Å². The first-order chi connectivity index (χ1) is 9.24. The van der Waals surface area contributed by atoms with Crippen molar-refractivity contribution in [2.75, 3.05) is 5.43 Å². The quantitative estimate of drug-likeness (QED) is 0.512. The van der Waals surface area contributed by atoms with Crippen molar-refractivity contribution >= 4 is 11.6 Å². The van der Waals surface area contributed by atoms with Gasteiger partial charge in [-0.3, -0.25) is 10.6 Å². The van der Waals surface area contributed by atoms with E-state index in [9.17, 15) is 4.79 Å². The number of anilines is 1. The van der Waals surface area contributed by atoms with E-state index >= 15 is 0 Å². The summed E-state index contributed by atoms with van der Waals surface area (Å²) in [5.41, 5.74) is 3.41. The minimum absolute atomic E-state index is 0.269. The fourth-order valence-electron chi connectivity index (χ4n) is 1.54. The number of nitrogen functional groups attached to an aromatic ring is 1. The summed E-state index contributed by atoms with van der Waals surface area (Å²) < 4.78 is 1.86. The molecule has 0 spiro atoms. The number of nitrogens with zero attached hydrogens (tertiary/aromatic N) is 4. The predicted octanol–water partition coefficient (Wildman–Crippen LogP) is -0.0914. The Morgan fingerprint density at radius 2 is 2.32 bits per heavy atom. The lowest BCUT2D eigenvalue weighted by Crippen LogP contribution is -2.25. The first-order valence-electron chi connectivity index (χ1n) is 5.82. The van der Waals surface area contributed by atoms with E-state index in [0.717, 1.165) is 6.54 Å². The topological polar surface area (TPSA) is 111 Å². The first-order valence-corrected chi connectivity index (χ1v) is 5.82. The number of nitrogens with one attached hydrogen (secondary N) is 2. The Kier molecular flexibility index (Phi) is 4.04. The highest BCUT2D eigenvalue weighted by atomic mass is 16.1. The molecule has 0 bridgehead atoms. The van der Waals surface area contributed by atoms with Crippen molar-refractivity contribution in [2.24, 2.45) is 5.84 Å². The van der Waals surface area contributed by atoms with Gasteiger partial charge in [0.05, 0.1) is 18.4 Å². The SMILES string of the molecule is CCn1cnnc1CNC(=O)c1ccc(NN)cn1. The minimum atomic E-state index is -0.269. The van der Waals surface area contributed by atoms with Crippen LogP contribution in [0.15, 0.2) is 24.7 Å². The van der Waals surface area contributed by atoms with Crippen LogP contribution in [-0.2, 0) is 13.1 Å². The predicted molar refractivity (Wildman–Crippen MR) is 68.9 cm³/mol. The lowest BCUT2D eigenvalue weighted by molar-refractivity contribution is 0.0944. The molecule has 1 amide bonds. The van der Waals surface area contributed by atoms with E-state index < -0.39 is 0 Å². The normalized spacial score (nSPS) is 10.2. The van der Waals surface area contributed by atoms with E-state index in [4.69, 9.17) is 5.84 Å². The van der Waals surface area contributed by atoms with Crippen molar-refractivity contribution in [3.8, 4) is 0 Å². The van der Waals surface area contributed by atoms with Crippen LogP contribution in [-0.4, -0.2) is 25.7 Å². The lowest BCUT2D eigenvalue weighted by Gasteiger charge is -2.06. The Bertz CT molecular complexity index is 548. The van der Waals surface area contributed by atoms with Gasteiger partial charge in [0.1, 0.15) is 12.0 Å². The molecule has 0 aromatic carbocycles. The maximum atomic E-state index is 11.9. The molecule has 0 aliphatic carbocycles. The number of nitrogens with two attached hydrogens (primary N) is 1. The largest absolute Gasteiger partial charge is 0.343 e. The van der Waals surface area contributed by atoms with E-state index in [-0.39, 0.29) is 5.91 Å². The average Bonchev–Trinajstić information content (AvgIpc) is 2.92. The second kappa shape index (κ2) is 5.91. The molecule has 0 fully saturated rings. The summed E-state index contributed by atoms with van der Waals surface area (Å²) in [5.74, 6) is 5.66. The number of carbonyl (C=O) groups excluding carboxylic acids is 1. The van der Waals surface area contributed by atoms with Gasteiger partial charge in [-0.25, -0.2) is 4.98 Å². The van der Waals surface area contributed by atoms with Crippen LogP contribution in [0, 0.1) is 0 Å². The summed E-state index contributed by atoms with van der Waals surface area (Å²) in [6.07, 6.45) is 3.12. The number of hydrogen-bond donors (Lipinski definition) is 3. The molecule has 0 radical (unpaired) electrons. The van der Waals surface area contributed by atoms with Gasteiger partial charge in [-0.2, -0.15) is 0 Å². The smallest absolute Gasteiger partial charge is 0.270 e. The highest BCUT2D eigenvalue weighted by molar-refractivity contribution is 5.92. The average molecular weight is 261 g/mol. The van der Waals surface area contributed by atoms with Crippen LogP contribution < -0.4 is 16.6 Å². The summed E-state index contributed by atoms with van der Waals surface area (Å²) in [6.45, 7) is 3.05. The third-order valence-corrected chi connectivity index (χ3v) is 2.61. The molecule has 0 saturated heterocycles. The molecule has 4 N–H and O–H groups in total. The molecule has 2 rings (SSSR count). The lowest BCUT2D eigenvalue weighted by atomic mass is 10.3. The maximum absolute atomic E-state index is 11.9. The summed E-state index contributed by atoms with van der Waals surface area (Å²) in [5, 5.41) is 10.5. The van der Waals surface area contributed by atoms with Gasteiger partial charge in [-0.15, -0.1) is 10.2 Å². The van der Waals surface area contributed by atoms with Crippen molar-refractivity contribution in [1.29, 1.82) is 0 Å². The molecule has 8 nitrogen and oxygen atoms in total. The zero-order valence-electron chi connectivity index (χ0n) is 10.5. The molecule has 2 aromatic rings. The summed E-state index contributed by atoms with van der Waals surface area (Å²) >= 11 is 0. The number of aromatic nitrogens is 4. The Hall–Kier alpha value is -2.48. The minimum Gasteiger partial charge on any atom is -0.343 e. The number of hydrogen-bond acceptors (Lipinski definition) is 6. The fraction of sp³-hybridized carbons (Fsp3) is 0.273. The molecule has 0 atom stereocenters. The van der Waals surface area contributed by atoms with Gasteiger partial charge in [0.25, 0.3) is 5.91 Å². The third-order valence-electron chi connectivity index (χ3n) is 2.61. The van der Waals surface area contributed by atoms with Crippen LogP contribution in [0.5, 0.6) is 0 Å². The maximum Gasteiger partial charge on any atom is 0.270 e. The summed E-state index contributed by atoms with van der Waals surface area (Å²) in [6, 6.07) is 3.27. The second-order valence-electron chi connectivity index (χ2n) is 3.79. The first kappa shape index (κ1) is 13.0. The second-order valence-corrected chi connectivity index (χ2v) is 3.79. The Morgan fingerprint density at radius 3 is 2.95 bits per heavy atom. The van der Waals surface area contributed by atoms with E-state index in [1.54, 1.807) is 18.5 Å². The van der Waals surface area contributed by atoms with E-state index in [0.29, 0.717) is 23.8 Å². The van der Waals surface area contributed by atoms with Crippen molar-refractivity contribution in [3.05, 3.63) is 36.2 Å². The van der Waals surface area contributed by atoms with Crippen LogP contribution in [0.4, 0.5) is 5.69 Å². The highest BCUT2D eigenvalue weighted by Crippen LogP contribution is 2.04. The molecule has 100 valence electrons. The van der Waals surface area contributed by atoms with Crippen molar-refractivity contribution in [2.45, 2.75) is 20.0 Å². The number of aryl methyl sites for hydroxylation is 1. The summed E-state index contributed by atoms with van der Waals surface area (Å²) in [7, 11) is 0. The van der Waals surface area contributed by atoms with E-state index in [1.807, 2.05) is 11.5 Å². The Balaban J connectivity index is 1.97. The van der Waals surface area contributed by atoms with Crippen molar-refractivity contribution in [1.82, 2.24) is 25.1 Å². The number of hydrazine groups is 1. The van der Waals surface area contributed by atoms with Crippen LogP contribution in [0.3, 0.4) is 0 Å². The molecule has 0 unspecified atom stereocenters.